The minimum atomic E-state index is -0.293. The highest BCUT2D eigenvalue weighted by Crippen LogP contribution is 2.24. The number of fused-ring (bicyclic) bond motifs is 1. The maximum Gasteiger partial charge on any atom is 0.274 e. The van der Waals surface area contributed by atoms with Gasteiger partial charge in [-0.15, -0.1) is 11.3 Å². The molecule has 0 bridgehead atoms. The van der Waals surface area contributed by atoms with E-state index in [-0.39, 0.29) is 11.6 Å². The van der Waals surface area contributed by atoms with Crippen molar-refractivity contribution in [1.82, 2.24) is 9.97 Å². The van der Waals surface area contributed by atoms with Crippen molar-refractivity contribution in [3.05, 3.63) is 52.3 Å². The van der Waals surface area contributed by atoms with Crippen LogP contribution in [0.25, 0.3) is 10.2 Å². The van der Waals surface area contributed by atoms with Crippen molar-refractivity contribution in [3.8, 4) is 0 Å². The van der Waals surface area contributed by atoms with E-state index in [1.807, 2.05) is 25.1 Å². The van der Waals surface area contributed by atoms with Gasteiger partial charge in [-0.25, -0.2) is 4.98 Å². The minimum Gasteiger partial charge on any atom is -0.321 e. The Morgan fingerprint density at radius 3 is 2.95 bits per heavy atom. The molecule has 6 heteroatoms. The summed E-state index contributed by atoms with van der Waals surface area (Å²) < 4.78 is 1.10. The number of aromatic nitrogens is 2. The molecule has 0 radical (unpaired) electrons. The summed E-state index contributed by atoms with van der Waals surface area (Å²) in [4.78, 5) is 20.4. The van der Waals surface area contributed by atoms with Gasteiger partial charge in [0.25, 0.3) is 5.91 Å². The molecule has 2 aromatic heterocycles. The molecule has 20 heavy (non-hydrogen) atoms. The van der Waals surface area contributed by atoms with Crippen LogP contribution >= 0.6 is 22.9 Å². The number of nitrogens with zero attached hydrogens (tertiary/aromatic N) is 2. The predicted octanol–water partition coefficient (Wildman–Crippen LogP) is 3.91. The van der Waals surface area contributed by atoms with Crippen molar-refractivity contribution in [3.63, 3.8) is 0 Å². The molecule has 4 nitrogen and oxygen atoms in total. The number of benzene rings is 1. The number of thiazole rings is 1. The van der Waals surface area contributed by atoms with Crippen LogP contribution in [-0.4, -0.2) is 15.9 Å². The van der Waals surface area contributed by atoms with Crippen LogP contribution < -0.4 is 5.32 Å². The lowest BCUT2D eigenvalue weighted by Gasteiger charge is -2.04. The van der Waals surface area contributed by atoms with Crippen LogP contribution in [0, 0.1) is 6.92 Å². The quantitative estimate of drug-likeness (QED) is 0.781. The number of anilines is 1. The van der Waals surface area contributed by atoms with Crippen molar-refractivity contribution >= 4 is 44.7 Å². The summed E-state index contributed by atoms with van der Waals surface area (Å²) in [6.45, 7) is 1.96. The van der Waals surface area contributed by atoms with E-state index in [1.54, 1.807) is 17.4 Å². The number of aryl methyl sites for hydroxylation is 1. The first-order chi connectivity index (χ1) is 9.61. The first-order valence-electron chi connectivity index (χ1n) is 5.92. The molecule has 1 N–H and O–H groups in total. The van der Waals surface area contributed by atoms with Crippen LogP contribution in [0.15, 0.2) is 36.5 Å². The predicted molar refractivity (Wildman–Crippen MR) is 81.6 cm³/mol. The zero-order valence-corrected chi connectivity index (χ0v) is 12.1. The third kappa shape index (κ3) is 2.64. The molecule has 0 aliphatic heterocycles. The van der Waals surface area contributed by atoms with E-state index in [4.69, 9.17) is 11.6 Å². The number of amides is 1. The van der Waals surface area contributed by atoms with E-state index in [0.717, 1.165) is 15.2 Å². The van der Waals surface area contributed by atoms with Gasteiger partial charge in [-0.3, -0.25) is 9.78 Å². The maximum absolute atomic E-state index is 12.1. The van der Waals surface area contributed by atoms with E-state index in [1.165, 1.54) is 12.3 Å². The monoisotopic (exact) mass is 303 g/mol. The van der Waals surface area contributed by atoms with Gasteiger partial charge in [0.15, 0.2) is 0 Å². The van der Waals surface area contributed by atoms with Crippen LogP contribution in [0.4, 0.5) is 5.69 Å². The molecule has 0 saturated heterocycles. The van der Waals surface area contributed by atoms with E-state index in [9.17, 15) is 4.79 Å². The van der Waals surface area contributed by atoms with E-state index in [0.29, 0.717) is 10.7 Å². The zero-order chi connectivity index (χ0) is 14.1. The number of carbonyl (C=O) groups excluding carboxylic acids is 1. The van der Waals surface area contributed by atoms with Gasteiger partial charge in [0, 0.05) is 16.9 Å². The van der Waals surface area contributed by atoms with E-state index in [2.05, 4.69) is 15.3 Å². The Bertz CT molecular complexity index is 800. The smallest absolute Gasteiger partial charge is 0.274 e. The molecule has 0 atom stereocenters. The molecule has 1 amide bonds. The zero-order valence-electron chi connectivity index (χ0n) is 10.6. The van der Waals surface area contributed by atoms with Crippen molar-refractivity contribution in [1.29, 1.82) is 0 Å². The summed E-state index contributed by atoms with van der Waals surface area (Å²) in [7, 11) is 0. The Kier molecular flexibility index (Phi) is 3.38. The highest BCUT2D eigenvalue weighted by molar-refractivity contribution is 7.18. The standard InChI is InChI=1S/C14H10ClN3OS/c1-8-17-11-7-10(2-3-13(11)20-8)18-14(19)12-6-9(15)4-5-16-12/h2-7H,1H3,(H,18,19). The Hall–Kier alpha value is -1.98. The van der Waals surface area contributed by atoms with Crippen molar-refractivity contribution in [2.24, 2.45) is 0 Å². The first kappa shape index (κ1) is 13.0. The second-order valence-corrected chi connectivity index (χ2v) is 5.90. The summed E-state index contributed by atoms with van der Waals surface area (Å²) in [5, 5.41) is 4.27. The van der Waals surface area contributed by atoms with Crippen molar-refractivity contribution in [2.45, 2.75) is 6.92 Å². The molecule has 0 saturated carbocycles. The lowest BCUT2D eigenvalue weighted by molar-refractivity contribution is 0.102. The average Bonchev–Trinajstić information content (AvgIpc) is 2.78. The highest BCUT2D eigenvalue weighted by atomic mass is 35.5. The summed E-state index contributed by atoms with van der Waals surface area (Å²) >= 11 is 7.47. The van der Waals surface area contributed by atoms with E-state index < -0.39 is 0 Å². The largest absolute Gasteiger partial charge is 0.321 e. The summed E-state index contributed by atoms with van der Waals surface area (Å²) in [5.74, 6) is -0.293. The third-order valence-corrected chi connectivity index (χ3v) is 3.89. The number of rotatable bonds is 2. The molecule has 1 aromatic carbocycles. The fourth-order valence-electron chi connectivity index (χ4n) is 1.84. The summed E-state index contributed by atoms with van der Waals surface area (Å²) in [6.07, 6.45) is 1.50. The van der Waals surface area contributed by atoms with Crippen molar-refractivity contribution < 1.29 is 4.79 Å². The second kappa shape index (κ2) is 5.19. The molecule has 0 aliphatic rings. The summed E-state index contributed by atoms with van der Waals surface area (Å²) in [6, 6.07) is 8.80. The SMILES string of the molecule is Cc1nc2cc(NC(=O)c3cc(Cl)ccn3)ccc2s1. The van der Waals surface area contributed by atoms with Gasteiger partial charge >= 0.3 is 0 Å². The van der Waals surface area contributed by atoms with E-state index >= 15 is 0 Å². The van der Waals surface area contributed by atoms with Gasteiger partial charge < -0.3 is 5.32 Å². The Morgan fingerprint density at radius 2 is 2.15 bits per heavy atom. The fourth-order valence-corrected chi connectivity index (χ4v) is 2.81. The van der Waals surface area contributed by atoms with Crippen LogP contribution in [0.5, 0.6) is 0 Å². The second-order valence-electron chi connectivity index (χ2n) is 4.23. The number of nitrogens with one attached hydrogen (secondary N) is 1. The van der Waals surface area contributed by atoms with Crippen molar-refractivity contribution in [2.75, 3.05) is 5.32 Å². The average molecular weight is 304 g/mol. The Morgan fingerprint density at radius 1 is 1.30 bits per heavy atom. The lowest BCUT2D eigenvalue weighted by Crippen LogP contribution is -2.13. The number of hydrogen-bond donors (Lipinski definition) is 1. The maximum atomic E-state index is 12.1. The number of carbonyl (C=O) groups is 1. The molecule has 3 rings (SSSR count). The van der Waals surface area contributed by atoms with Gasteiger partial charge in [-0.1, -0.05) is 11.6 Å². The molecule has 2 heterocycles. The molecular weight excluding hydrogens is 294 g/mol. The van der Waals surface area contributed by atoms with Crippen LogP contribution in [0.3, 0.4) is 0 Å². The van der Waals surface area contributed by atoms with Gasteiger partial charge in [0.1, 0.15) is 5.69 Å². The molecule has 0 fully saturated rings. The van der Waals surface area contributed by atoms with Gasteiger partial charge in [-0.05, 0) is 37.3 Å². The first-order valence-corrected chi connectivity index (χ1v) is 7.11. The fraction of sp³-hybridized carbons (Fsp3) is 0.0714. The molecule has 0 unspecified atom stereocenters. The summed E-state index contributed by atoms with van der Waals surface area (Å²) in [5.41, 5.74) is 1.85. The highest BCUT2D eigenvalue weighted by Gasteiger charge is 2.09. The number of halogens is 1. The van der Waals surface area contributed by atoms with Gasteiger partial charge in [-0.2, -0.15) is 0 Å². The Labute approximate surface area is 124 Å². The van der Waals surface area contributed by atoms with Crippen LogP contribution in [-0.2, 0) is 0 Å². The molecule has 3 aromatic rings. The normalized spacial score (nSPS) is 10.7. The molecule has 0 spiro atoms. The minimum absolute atomic E-state index is 0.284. The van der Waals surface area contributed by atoms with Gasteiger partial charge in [0.2, 0.25) is 0 Å². The molecule has 0 aliphatic carbocycles. The molecule has 100 valence electrons. The lowest BCUT2D eigenvalue weighted by atomic mass is 10.2. The van der Waals surface area contributed by atoms with Crippen LogP contribution in [0.2, 0.25) is 5.02 Å². The van der Waals surface area contributed by atoms with Gasteiger partial charge in [0.05, 0.1) is 15.2 Å². The Balaban J connectivity index is 1.87. The third-order valence-electron chi connectivity index (χ3n) is 2.71. The molecular formula is C14H10ClN3OS. The van der Waals surface area contributed by atoms with Crippen LogP contribution in [0.1, 0.15) is 15.5 Å². The topological polar surface area (TPSA) is 54.9 Å². The number of pyridine rings is 1. The number of hydrogen-bond acceptors (Lipinski definition) is 4.